The van der Waals surface area contributed by atoms with Crippen molar-refractivity contribution in [1.29, 1.82) is 0 Å². The zero-order chi connectivity index (χ0) is 15.5. The van der Waals surface area contributed by atoms with Crippen LogP contribution in [0.2, 0.25) is 6.04 Å². The maximum absolute atomic E-state index is 12.3. The van der Waals surface area contributed by atoms with Crippen LogP contribution in [0.1, 0.15) is 69.7 Å². The number of carbonyl (C=O) groups is 1. The molecule has 0 fully saturated rings. The summed E-state index contributed by atoms with van der Waals surface area (Å²) >= 11 is 0. The molecule has 1 rings (SSSR count). The molecule has 0 bridgehead atoms. The second-order valence-corrected chi connectivity index (χ2v) is 6.70. The molecule has 1 aromatic carbocycles. The minimum atomic E-state index is 0.222. The Kier molecular flexibility index (Phi) is 9.07. The van der Waals surface area contributed by atoms with Gasteiger partial charge in [0.2, 0.25) is 0 Å². The van der Waals surface area contributed by atoms with Crippen molar-refractivity contribution in [1.82, 2.24) is 0 Å². The predicted octanol–water partition coefficient (Wildman–Crippen LogP) is 5.10. The van der Waals surface area contributed by atoms with Gasteiger partial charge in [0.15, 0.2) is 0 Å². The molecule has 0 aliphatic rings. The number of ether oxygens (including phenoxy) is 1. The van der Waals surface area contributed by atoms with Crippen molar-refractivity contribution in [2.24, 2.45) is 0 Å². The van der Waals surface area contributed by atoms with E-state index >= 15 is 0 Å². The van der Waals surface area contributed by atoms with Crippen LogP contribution in [0, 0.1) is 0 Å². The molecular weight excluding hydrogens is 276 g/mol. The van der Waals surface area contributed by atoms with Crippen molar-refractivity contribution in [2.45, 2.75) is 71.4 Å². The molecule has 0 aliphatic carbocycles. The van der Waals surface area contributed by atoms with E-state index in [4.69, 9.17) is 4.74 Å². The first-order chi connectivity index (χ1) is 10.2. The Morgan fingerprint density at radius 3 is 2.57 bits per heavy atom. The second-order valence-electron chi connectivity index (χ2n) is 5.40. The highest BCUT2D eigenvalue weighted by Gasteiger charge is 2.15. The zero-order valence-corrected chi connectivity index (χ0v) is 14.7. The molecule has 116 valence electrons. The largest absolute Gasteiger partial charge is 0.490 e. The summed E-state index contributed by atoms with van der Waals surface area (Å²) in [6, 6.07) is 8.69. The lowest BCUT2D eigenvalue weighted by Crippen LogP contribution is -2.18. The molecule has 21 heavy (non-hydrogen) atoms. The lowest BCUT2D eigenvalue weighted by Gasteiger charge is -2.19. The van der Waals surface area contributed by atoms with Crippen LogP contribution in [0.4, 0.5) is 0 Å². The van der Waals surface area contributed by atoms with Crippen molar-refractivity contribution in [3.05, 3.63) is 29.8 Å². The van der Waals surface area contributed by atoms with E-state index in [0.717, 1.165) is 36.6 Å². The first-order valence-electron chi connectivity index (χ1n) is 8.26. The number of unbranched alkanes of at least 4 members (excludes halogenated alkanes) is 2. The summed E-state index contributed by atoms with van der Waals surface area (Å²) in [5.74, 6) is 0.773. The normalized spacial score (nSPS) is 12.1. The van der Waals surface area contributed by atoms with Crippen molar-refractivity contribution in [2.75, 3.05) is 0 Å². The maximum Gasteiger partial charge on any atom is 0.140 e. The first kappa shape index (κ1) is 18.0. The Morgan fingerprint density at radius 1 is 1.14 bits per heavy atom. The highest BCUT2D eigenvalue weighted by molar-refractivity contribution is 6.77. The fraction of sp³-hybridized carbons (Fsp3) is 0.611. The monoisotopic (exact) mass is 304 g/mol. The molecule has 1 atom stereocenters. The van der Waals surface area contributed by atoms with Gasteiger partial charge in [0.25, 0.3) is 0 Å². The lowest BCUT2D eigenvalue weighted by molar-refractivity contribution is 0.106. The topological polar surface area (TPSA) is 26.3 Å². The van der Waals surface area contributed by atoms with Gasteiger partial charge in [-0.2, -0.15) is 0 Å². The van der Waals surface area contributed by atoms with E-state index in [1.54, 1.807) is 0 Å². The van der Waals surface area contributed by atoms with E-state index in [0.29, 0.717) is 9.52 Å². The molecule has 2 radical (unpaired) electrons. The van der Waals surface area contributed by atoms with Crippen LogP contribution in [0.3, 0.4) is 0 Å². The summed E-state index contributed by atoms with van der Waals surface area (Å²) in [6.45, 7) is 6.48. The van der Waals surface area contributed by atoms with Crippen molar-refractivity contribution in [3.63, 3.8) is 0 Å². The highest BCUT2D eigenvalue weighted by atomic mass is 28.2. The number of para-hydroxylation sites is 1. The van der Waals surface area contributed by atoms with Gasteiger partial charge >= 0.3 is 0 Å². The Balaban J connectivity index is 2.70. The molecule has 2 nitrogen and oxygen atoms in total. The SMILES string of the molecule is CCCCCC(CC)Oc1ccccc1C(=O)[Si]CCC. The standard InChI is InChI=1S/C18H28O2Si/c1-4-7-8-11-15(6-3)20-17-13-10-9-12-16(17)18(19)21-14-5-2/h9-10,12-13,15H,4-8,11,14H2,1-3H3. The van der Waals surface area contributed by atoms with E-state index in [1.165, 1.54) is 19.3 Å². The number of rotatable bonds is 11. The molecular formula is C18H28O2Si. The van der Waals surface area contributed by atoms with Gasteiger partial charge < -0.3 is 9.53 Å². The summed E-state index contributed by atoms with van der Waals surface area (Å²) in [6.07, 6.45) is 7.01. The van der Waals surface area contributed by atoms with E-state index in [2.05, 4.69) is 20.8 Å². The van der Waals surface area contributed by atoms with Crippen molar-refractivity contribution < 1.29 is 9.53 Å². The molecule has 0 saturated heterocycles. The second kappa shape index (κ2) is 10.6. The molecule has 0 aromatic heterocycles. The van der Waals surface area contributed by atoms with Gasteiger partial charge in [0.05, 0.1) is 11.7 Å². The van der Waals surface area contributed by atoms with Crippen molar-refractivity contribution in [3.8, 4) is 5.75 Å². The summed E-state index contributed by atoms with van der Waals surface area (Å²) in [4.78, 5) is 12.3. The van der Waals surface area contributed by atoms with Crippen molar-refractivity contribution >= 4 is 14.9 Å². The minimum absolute atomic E-state index is 0.222. The van der Waals surface area contributed by atoms with Crippen LogP contribution in [0.5, 0.6) is 5.75 Å². The number of hydrogen-bond acceptors (Lipinski definition) is 2. The third-order valence-electron chi connectivity index (χ3n) is 3.55. The fourth-order valence-corrected chi connectivity index (χ4v) is 3.11. The summed E-state index contributed by atoms with van der Waals surface area (Å²) in [7, 11) is 0.359. The van der Waals surface area contributed by atoms with Gasteiger partial charge in [0.1, 0.15) is 20.7 Å². The number of hydrogen-bond donors (Lipinski definition) is 0. The smallest absolute Gasteiger partial charge is 0.140 e. The quantitative estimate of drug-likeness (QED) is 0.420. The molecule has 0 N–H and O–H groups in total. The lowest BCUT2D eigenvalue weighted by atomic mass is 10.1. The van der Waals surface area contributed by atoms with Crippen LogP contribution in [-0.4, -0.2) is 21.0 Å². The summed E-state index contributed by atoms with van der Waals surface area (Å²) < 4.78 is 6.13. The summed E-state index contributed by atoms with van der Waals surface area (Å²) in [5, 5.41) is 0.232. The van der Waals surface area contributed by atoms with Crippen LogP contribution >= 0.6 is 0 Å². The third kappa shape index (κ3) is 6.47. The maximum atomic E-state index is 12.3. The van der Waals surface area contributed by atoms with Gasteiger partial charge in [-0.05, 0) is 31.4 Å². The molecule has 0 heterocycles. The average molecular weight is 305 g/mol. The Morgan fingerprint density at radius 2 is 1.90 bits per heavy atom. The Bertz CT molecular complexity index is 417. The number of benzene rings is 1. The molecule has 0 amide bonds. The van der Waals surface area contributed by atoms with Crippen LogP contribution in [0.15, 0.2) is 24.3 Å². The van der Waals surface area contributed by atoms with Gasteiger partial charge in [-0.1, -0.05) is 58.2 Å². The number of carbonyl (C=O) groups excluding carboxylic acids is 1. The van der Waals surface area contributed by atoms with E-state index in [-0.39, 0.29) is 11.5 Å². The van der Waals surface area contributed by atoms with Gasteiger partial charge in [0, 0.05) is 0 Å². The predicted molar refractivity (Wildman–Crippen MR) is 90.5 cm³/mol. The molecule has 1 unspecified atom stereocenters. The molecule has 0 spiro atoms. The molecule has 0 saturated carbocycles. The summed E-state index contributed by atoms with van der Waals surface area (Å²) in [5.41, 5.74) is 0.762. The highest BCUT2D eigenvalue weighted by Crippen LogP contribution is 2.22. The minimum Gasteiger partial charge on any atom is -0.490 e. The van der Waals surface area contributed by atoms with E-state index < -0.39 is 0 Å². The van der Waals surface area contributed by atoms with Gasteiger partial charge in [-0.25, -0.2) is 0 Å². The van der Waals surface area contributed by atoms with Gasteiger partial charge in [-0.15, -0.1) is 0 Å². The Labute approximate surface area is 132 Å². The van der Waals surface area contributed by atoms with Gasteiger partial charge in [-0.3, -0.25) is 0 Å². The van der Waals surface area contributed by atoms with Crippen LogP contribution < -0.4 is 4.74 Å². The fourth-order valence-electron chi connectivity index (χ4n) is 2.24. The molecule has 3 heteroatoms. The molecule has 0 aliphatic heterocycles. The van der Waals surface area contributed by atoms with E-state index in [1.807, 2.05) is 24.3 Å². The first-order valence-corrected chi connectivity index (χ1v) is 9.47. The molecule has 1 aromatic rings. The van der Waals surface area contributed by atoms with Crippen LogP contribution in [0.25, 0.3) is 0 Å². The van der Waals surface area contributed by atoms with Crippen LogP contribution in [-0.2, 0) is 0 Å². The van der Waals surface area contributed by atoms with E-state index in [9.17, 15) is 4.79 Å². The average Bonchev–Trinajstić information content (AvgIpc) is 2.52. The Hall–Kier alpha value is -1.09. The zero-order valence-electron chi connectivity index (χ0n) is 13.7. The third-order valence-corrected chi connectivity index (χ3v) is 4.89.